The molecule has 3 N–H and O–H groups in total. The lowest BCUT2D eigenvalue weighted by Crippen LogP contribution is -2.51. The summed E-state index contributed by atoms with van der Waals surface area (Å²) < 4.78 is 1.78. The molecule has 4 heterocycles. The summed E-state index contributed by atoms with van der Waals surface area (Å²) in [5, 5.41) is 3.63. The van der Waals surface area contributed by atoms with Gasteiger partial charge in [0.15, 0.2) is 0 Å². The third-order valence-corrected chi connectivity index (χ3v) is 8.99. The van der Waals surface area contributed by atoms with E-state index in [1.165, 1.54) is 5.56 Å². The van der Waals surface area contributed by atoms with Gasteiger partial charge >= 0.3 is 0 Å². The van der Waals surface area contributed by atoms with Crippen molar-refractivity contribution < 1.29 is 14.4 Å². The minimum absolute atomic E-state index is 0.0131. The highest BCUT2D eigenvalue weighted by molar-refractivity contribution is 6.07. The number of hydrogen-bond acceptors (Lipinski definition) is 5. The average molecular weight is 549 g/mol. The van der Waals surface area contributed by atoms with Crippen molar-refractivity contribution in [3.8, 4) is 11.1 Å². The molecule has 0 unspecified atom stereocenters. The summed E-state index contributed by atoms with van der Waals surface area (Å²) >= 11 is 0. The number of nitrogens with two attached hydrogens (primary N) is 1. The summed E-state index contributed by atoms with van der Waals surface area (Å²) in [5.41, 5.74) is 12.1. The maximum atomic E-state index is 13.8. The van der Waals surface area contributed by atoms with Gasteiger partial charge in [-0.2, -0.15) is 0 Å². The Bertz CT molecular complexity index is 1730. The first-order valence-corrected chi connectivity index (χ1v) is 14.3. The first-order chi connectivity index (χ1) is 19.9. The largest absolute Gasteiger partial charge is 0.366 e. The number of carbonyl (C=O) groups is 3. The molecular weight excluding hydrogens is 516 g/mol. The normalized spacial score (nSPS) is 20.9. The van der Waals surface area contributed by atoms with E-state index >= 15 is 0 Å². The quantitative estimate of drug-likeness (QED) is 0.377. The van der Waals surface area contributed by atoms with Gasteiger partial charge in [-0.3, -0.25) is 19.4 Å². The number of nitrogens with zero attached hydrogens (tertiary/aromatic N) is 4. The first kappa shape index (κ1) is 25.4. The van der Waals surface area contributed by atoms with E-state index in [0.29, 0.717) is 16.8 Å². The molecule has 208 valence electrons. The molecule has 1 saturated heterocycles. The fourth-order valence-corrected chi connectivity index (χ4v) is 7.11. The van der Waals surface area contributed by atoms with Crippen LogP contribution in [0.1, 0.15) is 53.0 Å². The van der Waals surface area contributed by atoms with E-state index in [4.69, 9.17) is 5.73 Å². The molecule has 9 nitrogen and oxygen atoms in total. The number of piperidine rings is 1. The molecule has 2 aliphatic carbocycles. The lowest BCUT2D eigenvalue weighted by molar-refractivity contribution is -0.141. The molecule has 7 rings (SSSR count). The molecule has 3 amide bonds. The van der Waals surface area contributed by atoms with Crippen molar-refractivity contribution in [3.05, 3.63) is 77.4 Å². The van der Waals surface area contributed by atoms with Crippen molar-refractivity contribution in [2.45, 2.75) is 64.1 Å². The minimum atomic E-state index is -0.548. The molecular formula is C32H32N6O3. The molecule has 2 fully saturated rings. The van der Waals surface area contributed by atoms with Crippen LogP contribution in [-0.2, 0) is 29.0 Å². The van der Waals surface area contributed by atoms with Gasteiger partial charge in [0.25, 0.3) is 5.91 Å². The molecule has 1 saturated carbocycles. The van der Waals surface area contributed by atoms with Crippen LogP contribution in [-0.4, -0.2) is 49.2 Å². The van der Waals surface area contributed by atoms with Gasteiger partial charge in [-0.15, -0.1) is 0 Å². The minimum Gasteiger partial charge on any atom is -0.366 e. The second-order valence-corrected chi connectivity index (χ2v) is 11.6. The van der Waals surface area contributed by atoms with E-state index in [9.17, 15) is 14.4 Å². The highest BCUT2D eigenvalue weighted by Crippen LogP contribution is 2.43. The predicted octanol–water partition coefficient (Wildman–Crippen LogP) is 4.01. The van der Waals surface area contributed by atoms with E-state index in [1.54, 1.807) is 21.7 Å². The van der Waals surface area contributed by atoms with Gasteiger partial charge in [-0.25, -0.2) is 4.98 Å². The van der Waals surface area contributed by atoms with Crippen LogP contribution in [0.25, 0.3) is 22.0 Å². The monoisotopic (exact) mass is 548 g/mol. The molecule has 1 aromatic carbocycles. The topological polar surface area (TPSA) is 123 Å². The molecule has 4 aromatic rings. The standard InChI is InChI=1S/C32H32N6O3/c1-18-4-2-7-28(35-18)36-32(41)30-21-8-10-23(13-21)38(30)29(39)17-37-16-25(31(33)40)24-14-19(9-11-27(24)37)22-12-20-5-3-6-26(20)34-15-22/h2,4,7,9,11-12,14-16,21,23,30H,3,5-6,8,10,13,17H2,1H3,(H2,33,40)(H,35,36,41)/t21-,23+,30-/m0/s1. The van der Waals surface area contributed by atoms with Crippen molar-refractivity contribution in [1.29, 1.82) is 0 Å². The summed E-state index contributed by atoms with van der Waals surface area (Å²) in [6.45, 7) is 1.88. The van der Waals surface area contributed by atoms with E-state index in [1.807, 2.05) is 43.5 Å². The SMILES string of the molecule is Cc1cccc(NC(=O)[C@@H]2[C@H]3CC[C@H](C3)N2C(=O)Cn2cc(C(N)=O)c3cc(-c4cnc5c(c4)CCC5)ccc32)n1. The summed E-state index contributed by atoms with van der Waals surface area (Å²) in [6, 6.07) is 13.0. The van der Waals surface area contributed by atoms with Crippen molar-refractivity contribution in [2.24, 2.45) is 11.7 Å². The highest BCUT2D eigenvalue weighted by atomic mass is 16.2. The number of aryl methyl sites for hydroxylation is 3. The smallest absolute Gasteiger partial charge is 0.250 e. The van der Waals surface area contributed by atoms with E-state index in [-0.39, 0.29) is 30.3 Å². The van der Waals surface area contributed by atoms with Gasteiger partial charge in [-0.05, 0) is 92.8 Å². The van der Waals surface area contributed by atoms with Crippen molar-refractivity contribution in [3.63, 3.8) is 0 Å². The van der Waals surface area contributed by atoms with Gasteiger partial charge in [0, 0.05) is 46.3 Å². The van der Waals surface area contributed by atoms with Crippen LogP contribution in [0.15, 0.2) is 54.9 Å². The Kier molecular flexibility index (Phi) is 6.10. The number of primary amides is 1. The Morgan fingerprint density at radius 2 is 1.95 bits per heavy atom. The van der Waals surface area contributed by atoms with Gasteiger partial charge in [-0.1, -0.05) is 12.1 Å². The highest BCUT2D eigenvalue weighted by Gasteiger charge is 2.51. The Balaban J connectivity index is 1.17. The number of benzene rings is 1. The van der Waals surface area contributed by atoms with Gasteiger partial charge in [0.1, 0.15) is 18.4 Å². The van der Waals surface area contributed by atoms with E-state index < -0.39 is 11.9 Å². The maximum Gasteiger partial charge on any atom is 0.250 e. The summed E-state index contributed by atoms with van der Waals surface area (Å²) in [6.07, 6.45) is 9.35. The van der Waals surface area contributed by atoms with E-state index in [0.717, 1.165) is 66.6 Å². The van der Waals surface area contributed by atoms with E-state index in [2.05, 4.69) is 21.4 Å². The third kappa shape index (κ3) is 4.45. The summed E-state index contributed by atoms with van der Waals surface area (Å²) in [7, 11) is 0. The van der Waals surface area contributed by atoms with Crippen LogP contribution in [0.5, 0.6) is 0 Å². The second-order valence-electron chi connectivity index (χ2n) is 11.6. The average Bonchev–Trinajstić information content (AvgIpc) is 3.75. The number of fused-ring (bicyclic) bond motifs is 4. The Hall–Kier alpha value is -4.53. The fraction of sp³-hybridized carbons (Fsp3) is 0.344. The molecule has 41 heavy (non-hydrogen) atoms. The molecule has 0 radical (unpaired) electrons. The number of carbonyl (C=O) groups excluding carboxylic acids is 3. The molecule has 9 heteroatoms. The fourth-order valence-electron chi connectivity index (χ4n) is 7.11. The van der Waals surface area contributed by atoms with Crippen LogP contribution >= 0.6 is 0 Å². The zero-order valence-electron chi connectivity index (χ0n) is 23.0. The van der Waals surface area contributed by atoms with Gasteiger partial charge in [0.2, 0.25) is 11.8 Å². The van der Waals surface area contributed by atoms with Crippen LogP contribution in [0, 0.1) is 12.8 Å². The second kappa shape index (κ2) is 9.83. The van der Waals surface area contributed by atoms with Crippen LogP contribution in [0.2, 0.25) is 0 Å². The Morgan fingerprint density at radius 3 is 2.78 bits per heavy atom. The first-order valence-electron chi connectivity index (χ1n) is 14.3. The summed E-state index contributed by atoms with van der Waals surface area (Å²) in [4.78, 5) is 50.5. The number of aromatic nitrogens is 3. The molecule has 2 bridgehead atoms. The maximum absolute atomic E-state index is 13.8. The number of likely N-dealkylation sites (tertiary alicyclic amines) is 1. The Morgan fingerprint density at radius 1 is 1.07 bits per heavy atom. The zero-order valence-corrected chi connectivity index (χ0v) is 23.0. The number of rotatable bonds is 6. The number of anilines is 1. The Labute approximate surface area is 237 Å². The number of hydrogen-bond donors (Lipinski definition) is 2. The van der Waals surface area contributed by atoms with Gasteiger partial charge < -0.3 is 20.5 Å². The molecule has 3 atom stereocenters. The number of amides is 3. The summed E-state index contributed by atoms with van der Waals surface area (Å²) in [5.74, 6) is -0.281. The third-order valence-electron chi connectivity index (χ3n) is 8.99. The van der Waals surface area contributed by atoms with Crippen molar-refractivity contribution in [1.82, 2.24) is 19.4 Å². The predicted molar refractivity (Wildman–Crippen MR) is 155 cm³/mol. The van der Waals surface area contributed by atoms with Crippen LogP contribution in [0.4, 0.5) is 5.82 Å². The van der Waals surface area contributed by atoms with Gasteiger partial charge in [0.05, 0.1) is 5.56 Å². The van der Waals surface area contributed by atoms with Crippen LogP contribution in [0.3, 0.4) is 0 Å². The lowest BCUT2D eigenvalue weighted by Gasteiger charge is -2.34. The lowest BCUT2D eigenvalue weighted by atomic mass is 9.97. The number of pyridine rings is 2. The molecule has 3 aliphatic rings. The van der Waals surface area contributed by atoms with Crippen molar-refractivity contribution >= 4 is 34.4 Å². The van der Waals surface area contributed by atoms with Crippen LogP contribution < -0.4 is 11.1 Å². The number of nitrogens with one attached hydrogen (secondary N) is 1. The molecule has 3 aromatic heterocycles. The molecule has 0 spiro atoms. The zero-order chi connectivity index (χ0) is 28.2. The molecule has 1 aliphatic heterocycles. The van der Waals surface area contributed by atoms with Crippen molar-refractivity contribution in [2.75, 3.05) is 5.32 Å².